The van der Waals surface area contributed by atoms with Crippen LogP contribution in [0.1, 0.15) is 0 Å². The van der Waals surface area contributed by atoms with Crippen LogP contribution in [0.15, 0.2) is 24.3 Å². The van der Waals surface area contributed by atoms with Crippen molar-refractivity contribution in [3.63, 3.8) is 0 Å². The van der Waals surface area contributed by atoms with Gasteiger partial charge < -0.3 is 10.1 Å². The molecule has 0 fully saturated rings. The van der Waals surface area contributed by atoms with Crippen LogP contribution in [0.3, 0.4) is 0 Å². The molecule has 1 aromatic carbocycles. The maximum atomic E-state index is 10.6. The van der Waals surface area contributed by atoms with Gasteiger partial charge in [-0.3, -0.25) is 0 Å². The Kier molecular flexibility index (Phi) is 2.06. The van der Waals surface area contributed by atoms with E-state index in [1.165, 1.54) is 9.36 Å². The fraction of sp³-hybridized carbons (Fsp3) is 0.111. The van der Waals surface area contributed by atoms with E-state index in [0.717, 1.165) is 0 Å². The maximum absolute atomic E-state index is 10.6. The van der Waals surface area contributed by atoms with Crippen molar-refractivity contribution in [2.45, 2.75) is 0 Å². The quantitative estimate of drug-likeness (QED) is 0.479. The van der Waals surface area contributed by atoms with Crippen molar-refractivity contribution in [2.75, 3.05) is 0 Å². The monoisotopic (exact) mass is 245 g/mol. The number of nitrogens with zero attached hydrogens (tertiary/aromatic N) is 7. The molecule has 0 atom stereocenters. The molecule has 3 aromatic rings. The molecule has 0 unspecified atom stereocenters. The van der Waals surface area contributed by atoms with Gasteiger partial charge in [-0.15, -0.1) is 5.10 Å². The average molecular weight is 245 g/mol. The summed E-state index contributed by atoms with van der Waals surface area (Å²) in [7, 11) is 1.56. The first-order valence-corrected chi connectivity index (χ1v) is 5.03. The van der Waals surface area contributed by atoms with E-state index in [0.29, 0.717) is 11.0 Å². The molecule has 0 N–H and O–H groups in total. The second-order valence-corrected chi connectivity index (χ2v) is 3.58. The number of para-hydroxylation sites is 1. The summed E-state index contributed by atoms with van der Waals surface area (Å²) in [6.45, 7) is 0. The van der Waals surface area contributed by atoms with Crippen LogP contribution >= 0.6 is 0 Å². The van der Waals surface area contributed by atoms with Crippen molar-refractivity contribution in [1.82, 2.24) is 29.8 Å². The molecule has 0 spiro atoms. The zero-order valence-corrected chi connectivity index (χ0v) is 9.26. The highest BCUT2D eigenvalue weighted by Crippen LogP contribution is 2.15. The molecule has 2 heterocycles. The Labute approximate surface area is 99.8 Å². The highest BCUT2D eigenvalue weighted by Gasteiger charge is 2.22. The van der Waals surface area contributed by atoms with Crippen LogP contribution in [-0.4, -0.2) is 34.7 Å². The normalized spacial score (nSPS) is 10.9. The second kappa shape index (κ2) is 3.58. The van der Waals surface area contributed by atoms with Gasteiger partial charge in [0.2, 0.25) is 0 Å². The molecule has 0 saturated heterocycles. The van der Waals surface area contributed by atoms with E-state index in [2.05, 4.69) is 20.4 Å². The molecule has 90 valence electrons. The van der Waals surface area contributed by atoms with Crippen LogP contribution in [-0.2, 0) is 7.05 Å². The van der Waals surface area contributed by atoms with E-state index in [1.807, 2.05) is 12.1 Å². The van der Waals surface area contributed by atoms with E-state index >= 15 is 0 Å². The third-order valence-corrected chi connectivity index (χ3v) is 2.43. The molecule has 0 amide bonds. The SMILES string of the molecule is Cn1nc([N+](=O)[O-])nc1-n1nnc2ccccc21. The van der Waals surface area contributed by atoms with Gasteiger partial charge in [-0.2, -0.15) is 9.36 Å². The second-order valence-electron chi connectivity index (χ2n) is 3.58. The summed E-state index contributed by atoms with van der Waals surface area (Å²) >= 11 is 0. The topological polar surface area (TPSA) is 105 Å². The third-order valence-electron chi connectivity index (χ3n) is 2.43. The summed E-state index contributed by atoms with van der Waals surface area (Å²) in [4.78, 5) is 13.8. The van der Waals surface area contributed by atoms with Crippen molar-refractivity contribution >= 4 is 17.0 Å². The van der Waals surface area contributed by atoms with Crippen molar-refractivity contribution in [1.29, 1.82) is 0 Å². The molecule has 0 aliphatic carbocycles. The molecule has 0 saturated carbocycles. The lowest BCUT2D eigenvalue weighted by molar-refractivity contribution is -0.394. The predicted molar refractivity (Wildman–Crippen MR) is 60.1 cm³/mol. The van der Waals surface area contributed by atoms with Gasteiger partial charge in [-0.25, -0.2) is 0 Å². The number of hydrogen-bond donors (Lipinski definition) is 0. The molecule has 9 heteroatoms. The van der Waals surface area contributed by atoms with E-state index in [-0.39, 0.29) is 5.95 Å². The average Bonchev–Trinajstić information content (AvgIpc) is 2.92. The van der Waals surface area contributed by atoms with Gasteiger partial charge in [-0.05, 0) is 22.0 Å². The minimum atomic E-state index is -0.650. The molecule has 18 heavy (non-hydrogen) atoms. The minimum absolute atomic E-state index is 0.246. The van der Waals surface area contributed by atoms with Crippen LogP contribution in [0.5, 0.6) is 0 Å². The summed E-state index contributed by atoms with van der Waals surface area (Å²) in [5.41, 5.74) is 1.39. The summed E-state index contributed by atoms with van der Waals surface area (Å²) < 4.78 is 2.70. The fourth-order valence-corrected chi connectivity index (χ4v) is 1.64. The third kappa shape index (κ3) is 1.41. The van der Waals surface area contributed by atoms with Crippen LogP contribution in [0.4, 0.5) is 5.95 Å². The van der Waals surface area contributed by atoms with E-state index in [1.54, 1.807) is 19.2 Å². The first-order valence-electron chi connectivity index (χ1n) is 5.03. The van der Waals surface area contributed by atoms with Gasteiger partial charge in [0.05, 0.1) is 5.52 Å². The van der Waals surface area contributed by atoms with Crippen molar-refractivity contribution in [3.05, 3.63) is 34.4 Å². The fourth-order valence-electron chi connectivity index (χ4n) is 1.64. The number of fused-ring (bicyclic) bond motifs is 1. The number of aromatic nitrogens is 6. The number of aryl methyl sites for hydroxylation is 1. The van der Waals surface area contributed by atoms with Gasteiger partial charge in [0.25, 0.3) is 0 Å². The summed E-state index contributed by atoms with van der Waals surface area (Å²) in [6, 6.07) is 7.26. The Bertz CT molecular complexity index is 744. The first kappa shape index (κ1) is 10.3. The Hall–Kier alpha value is -2.84. The lowest BCUT2D eigenvalue weighted by atomic mass is 10.3. The number of rotatable bonds is 2. The van der Waals surface area contributed by atoms with Crippen LogP contribution in [0.2, 0.25) is 0 Å². The summed E-state index contributed by atoms with van der Waals surface area (Å²) in [5, 5.41) is 22.2. The van der Waals surface area contributed by atoms with Crippen molar-refractivity contribution in [2.24, 2.45) is 7.05 Å². The van der Waals surface area contributed by atoms with Crippen LogP contribution < -0.4 is 0 Å². The number of benzene rings is 1. The molecule has 0 aliphatic heterocycles. The summed E-state index contributed by atoms with van der Waals surface area (Å²) in [5.74, 6) is -0.220. The van der Waals surface area contributed by atoms with Crippen LogP contribution in [0, 0.1) is 10.1 Å². The van der Waals surface area contributed by atoms with Gasteiger partial charge in [-0.1, -0.05) is 17.3 Å². The van der Waals surface area contributed by atoms with Gasteiger partial charge in [0, 0.05) is 12.1 Å². The van der Waals surface area contributed by atoms with E-state index in [9.17, 15) is 10.1 Å². The smallest absolute Gasteiger partial charge is 0.390 e. The molecule has 0 aliphatic rings. The highest BCUT2D eigenvalue weighted by molar-refractivity contribution is 5.75. The van der Waals surface area contributed by atoms with E-state index in [4.69, 9.17) is 0 Å². The van der Waals surface area contributed by atoms with Gasteiger partial charge in [0.15, 0.2) is 0 Å². The lowest BCUT2D eigenvalue weighted by Crippen LogP contribution is -2.05. The largest absolute Gasteiger partial charge is 0.493 e. The highest BCUT2D eigenvalue weighted by atomic mass is 16.6. The van der Waals surface area contributed by atoms with Gasteiger partial charge >= 0.3 is 11.9 Å². The maximum Gasteiger partial charge on any atom is 0.493 e. The number of nitro groups is 1. The van der Waals surface area contributed by atoms with E-state index < -0.39 is 10.9 Å². The van der Waals surface area contributed by atoms with Crippen molar-refractivity contribution in [3.8, 4) is 5.95 Å². The Morgan fingerprint density at radius 2 is 2.11 bits per heavy atom. The zero-order chi connectivity index (χ0) is 12.7. The molecular weight excluding hydrogens is 238 g/mol. The standard InChI is InChI=1S/C9H7N7O2/c1-14-9(10-8(12-14)16(17)18)15-7-5-3-2-4-6(7)11-13-15/h2-5H,1H3. The molecule has 9 nitrogen and oxygen atoms in total. The zero-order valence-electron chi connectivity index (χ0n) is 9.26. The lowest BCUT2D eigenvalue weighted by Gasteiger charge is -1.94. The molecule has 3 rings (SSSR count). The molecule has 0 radical (unpaired) electrons. The van der Waals surface area contributed by atoms with Crippen LogP contribution in [0.25, 0.3) is 17.0 Å². The predicted octanol–water partition coefficient (Wildman–Crippen LogP) is 0.457. The molecular formula is C9H7N7O2. The molecule has 0 bridgehead atoms. The Morgan fingerprint density at radius 3 is 2.83 bits per heavy atom. The number of hydrogen-bond acceptors (Lipinski definition) is 6. The molecule has 2 aromatic heterocycles. The minimum Gasteiger partial charge on any atom is -0.390 e. The summed E-state index contributed by atoms with van der Waals surface area (Å²) in [6.07, 6.45) is 0. The first-order chi connectivity index (χ1) is 8.66. The Morgan fingerprint density at radius 1 is 1.33 bits per heavy atom. The van der Waals surface area contributed by atoms with Crippen molar-refractivity contribution < 1.29 is 4.92 Å². The Balaban J connectivity index is 2.23. The van der Waals surface area contributed by atoms with Gasteiger partial charge in [0.1, 0.15) is 5.52 Å².